The van der Waals surface area contributed by atoms with Crippen molar-refractivity contribution in [2.24, 2.45) is 0 Å². The lowest BCUT2D eigenvalue weighted by atomic mass is 10.1. The Morgan fingerprint density at radius 1 is 0.161 bits per heavy atom. The lowest BCUT2D eigenvalue weighted by Crippen LogP contribution is -2.57. The maximum atomic E-state index is 8.62. The number of hydrogen-bond donors (Lipinski definition) is 0. The van der Waals surface area contributed by atoms with E-state index in [1.165, 1.54) is 0 Å². The lowest BCUT2D eigenvalue weighted by molar-refractivity contribution is 0.0932. The summed E-state index contributed by atoms with van der Waals surface area (Å²) in [5, 5.41) is 2.77. The van der Waals surface area contributed by atoms with Gasteiger partial charge in [-0.1, -0.05) is 0 Å². The monoisotopic (exact) mass is 1240 g/mol. The summed E-state index contributed by atoms with van der Waals surface area (Å²) in [6.07, 6.45) is 0. The first-order chi connectivity index (χ1) is 38.5. The molecule has 13 nitrogen and oxygen atoms in total. The Hall–Kier alpha value is -5.13. The van der Waals surface area contributed by atoms with Gasteiger partial charge >= 0.3 is 0 Å². The average Bonchev–Trinajstić information content (AvgIpc) is 0.943. The van der Waals surface area contributed by atoms with Gasteiger partial charge in [0.05, 0.1) is 0 Å². The maximum absolute atomic E-state index is 8.62. The van der Waals surface area contributed by atoms with Crippen LogP contribution in [-0.2, 0) is 4.12 Å². The summed E-state index contributed by atoms with van der Waals surface area (Å²) in [7, 11) is -5.78. The van der Waals surface area contributed by atoms with Gasteiger partial charge in [-0.3, -0.25) is 0 Å². The zero-order chi connectivity index (χ0) is 67.2. The third-order valence-electron chi connectivity index (χ3n) is 10.4. The zero-order valence-corrected chi connectivity index (χ0v) is 62.9. The largest absolute Gasteiger partial charge is 0.488 e. The highest BCUT2D eigenvalue weighted by molar-refractivity contribution is 6.93. The van der Waals surface area contributed by atoms with E-state index in [-0.39, 0.29) is 0 Å². The Balaban J connectivity index is 2.65. The van der Waals surface area contributed by atoms with Crippen LogP contribution in [0, 0.1) is 0 Å². The molecule has 0 aliphatic heterocycles. The molecule has 0 spiro atoms. The van der Waals surface area contributed by atoms with Crippen molar-refractivity contribution >= 4 is 38.8 Å². The number of benzene rings is 4. The minimum Gasteiger partial charge on any atom is -0.488 e. The smallest absolute Gasteiger partial charge is 0.280 e. The molecule has 0 heterocycles. The minimum absolute atomic E-state index is 0.494. The molecule has 2 radical (unpaired) electrons. The molecule has 4 aromatic carbocycles. The van der Waals surface area contributed by atoms with E-state index in [1.807, 2.05) is 298 Å². The van der Waals surface area contributed by atoms with Crippen molar-refractivity contribution in [2.45, 2.75) is 316 Å². The molecule has 0 N–H and O–H groups in total. The molecule has 490 valence electrons. The molecular formula is C72H116O13Si2. The van der Waals surface area contributed by atoms with E-state index in [9.17, 15) is 0 Å². The van der Waals surface area contributed by atoms with Gasteiger partial charge in [-0.15, -0.1) is 0 Å². The van der Waals surface area contributed by atoms with Gasteiger partial charge in [-0.05, 0) is 274 Å². The van der Waals surface area contributed by atoms with E-state index in [0.717, 1.165) is 0 Å². The highest BCUT2D eigenvalue weighted by Crippen LogP contribution is 2.43. The first-order valence-electron chi connectivity index (χ1n) is 30.9. The summed E-state index contributed by atoms with van der Waals surface area (Å²) in [5.74, 6) is 6.05. The van der Waals surface area contributed by atoms with Crippen molar-refractivity contribution in [1.29, 1.82) is 0 Å². The third-order valence-corrected chi connectivity index (χ3v) is 15.5. The van der Waals surface area contributed by atoms with Crippen LogP contribution in [0.2, 0.25) is 0 Å². The van der Waals surface area contributed by atoms with Crippen LogP contribution in [0.5, 0.6) is 69.0 Å². The third kappa shape index (κ3) is 26.1. The Morgan fingerprint density at radius 3 is 0.379 bits per heavy atom. The van der Waals surface area contributed by atoms with Crippen molar-refractivity contribution in [3.05, 3.63) is 48.5 Å². The molecule has 0 fully saturated rings. The van der Waals surface area contributed by atoms with Crippen LogP contribution in [-0.4, -0.2) is 85.3 Å². The molecule has 0 bridgehead atoms. The summed E-state index contributed by atoms with van der Waals surface area (Å²) in [6.45, 7) is 73.0. The van der Waals surface area contributed by atoms with E-state index >= 15 is 0 Å². The molecule has 0 unspecified atom stereocenters. The predicted octanol–water partition coefficient (Wildman–Crippen LogP) is 16.7. The molecule has 87 heavy (non-hydrogen) atoms. The molecular weight excluding hydrogens is 1130 g/mol. The second kappa shape index (κ2) is 25.6. The van der Waals surface area contributed by atoms with E-state index in [2.05, 4.69) is 0 Å². The van der Waals surface area contributed by atoms with Gasteiger partial charge in [0.15, 0.2) is 46.0 Å². The summed E-state index contributed by atoms with van der Waals surface area (Å²) in [5.41, 5.74) is -8.19. The standard InChI is InChI=1S/C72H116O13Si2/c1-61(2,3)73-45-37-53(81-69(25,26)27)57(41-49(45)77-65(13,14)15)86(58-42-50(78-66(16,17)18)46(74-62(4,5)6)38-54(58)82-70(28,29)30)85-87(59-43-51(79-67(19,20)21)47(75-63(7,8)9)39-55(59)83-71(31,32)33)60-44-52(80-68(22,23)24)48(76-64(10,11)12)40-56(60)84-72(34,35)36/h37-44H,1-36H3. The van der Waals surface area contributed by atoms with Gasteiger partial charge in [0.1, 0.15) is 90.2 Å². The van der Waals surface area contributed by atoms with E-state index in [0.29, 0.717) is 89.7 Å². The molecule has 0 aliphatic rings. The fraction of sp³-hybridized carbons (Fsp3) is 0.667. The zero-order valence-electron chi connectivity index (χ0n) is 60.9. The first kappa shape index (κ1) is 74.3. The summed E-state index contributed by atoms with van der Waals surface area (Å²) >= 11 is 0. The van der Waals surface area contributed by atoms with Gasteiger partial charge in [0.25, 0.3) is 18.1 Å². The van der Waals surface area contributed by atoms with E-state index in [4.69, 9.17) is 61.0 Å². The van der Waals surface area contributed by atoms with Crippen molar-refractivity contribution < 1.29 is 61.0 Å². The maximum Gasteiger partial charge on any atom is 0.280 e. The van der Waals surface area contributed by atoms with Crippen molar-refractivity contribution in [3.63, 3.8) is 0 Å². The van der Waals surface area contributed by atoms with Crippen molar-refractivity contribution in [3.8, 4) is 69.0 Å². The van der Waals surface area contributed by atoms with Crippen LogP contribution in [0.1, 0.15) is 249 Å². The van der Waals surface area contributed by atoms with Gasteiger partial charge in [0.2, 0.25) is 0 Å². The van der Waals surface area contributed by atoms with Crippen LogP contribution >= 0.6 is 0 Å². The normalized spacial score (nSPS) is 13.8. The minimum atomic E-state index is -2.89. The Bertz CT molecular complexity index is 2570. The predicted molar refractivity (Wildman–Crippen MR) is 361 cm³/mol. The SMILES string of the molecule is CC(C)(C)Oc1cc(OC(C)(C)C)c([Si](O[Si](c2cc(OC(C)(C)C)c(OC(C)(C)C)cc2OC(C)(C)C)c2cc(OC(C)(C)C)c(OC(C)(C)C)cc2OC(C)(C)C)c2cc(OC(C)(C)C)c(OC(C)(C)C)cc2OC(C)(C)C)cc1OC(C)(C)C. The molecule has 0 saturated carbocycles. The summed E-state index contributed by atoms with van der Waals surface area (Å²) in [6, 6.07) is 15.9. The fourth-order valence-electron chi connectivity index (χ4n) is 8.42. The molecule has 0 atom stereocenters. The molecule has 0 aromatic heterocycles. The molecule has 4 rings (SSSR count). The Kier molecular flexibility index (Phi) is 21.9. The molecule has 4 aromatic rings. The highest BCUT2D eigenvalue weighted by Gasteiger charge is 2.42. The van der Waals surface area contributed by atoms with E-state index in [1.54, 1.807) is 0 Å². The topological polar surface area (TPSA) is 120 Å². The first-order valence-corrected chi connectivity index (χ1v) is 33.7. The fourth-order valence-corrected chi connectivity index (χ4v) is 14.0. The summed E-state index contributed by atoms with van der Waals surface area (Å²) < 4.78 is 93.3. The second-order valence-corrected chi connectivity index (χ2v) is 38.8. The molecule has 0 amide bonds. The number of rotatable bonds is 18. The van der Waals surface area contributed by atoms with Crippen LogP contribution in [0.15, 0.2) is 48.5 Å². The molecule has 0 saturated heterocycles. The van der Waals surface area contributed by atoms with Gasteiger partial charge < -0.3 is 61.0 Å². The van der Waals surface area contributed by atoms with E-state index < -0.39 is 85.3 Å². The number of ether oxygens (including phenoxy) is 12. The van der Waals surface area contributed by atoms with Gasteiger partial charge in [-0.2, -0.15) is 0 Å². The van der Waals surface area contributed by atoms with Crippen LogP contribution in [0.3, 0.4) is 0 Å². The molecule has 15 heteroatoms. The highest BCUT2D eigenvalue weighted by atomic mass is 28.4. The van der Waals surface area contributed by atoms with Gasteiger partial charge in [-0.25, -0.2) is 0 Å². The Morgan fingerprint density at radius 2 is 0.264 bits per heavy atom. The lowest BCUT2D eigenvalue weighted by Gasteiger charge is -2.35. The summed E-state index contributed by atoms with van der Waals surface area (Å²) in [4.78, 5) is 0. The van der Waals surface area contributed by atoms with Crippen molar-refractivity contribution in [2.75, 3.05) is 0 Å². The van der Waals surface area contributed by atoms with Gasteiger partial charge in [0, 0.05) is 45.0 Å². The second-order valence-electron chi connectivity index (χ2n) is 34.5. The Labute approximate surface area is 531 Å². The number of hydrogen-bond acceptors (Lipinski definition) is 13. The van der Waals surface area contributed by atoms with Crippen molar-refractivity contribution in [1.82, 2.24) is 0 Å². The van der Waals surface area contributed by atoms with Crippen LogP contribution < -0.4 is 77.6 Å². The molecule has 0 aliphatic carbocycles. The quantitative estimate of drug-likeness (QED) is 0.0880. The van der Waals surface area contributed by atoms with Crippen LogP contribution in [0.4, 0.5) is 0 Å². The average molecular weight is 1250 g/mol. The van der Waals surface area contributed by atoms with Crippen LogP contribution in [0.25, 0.3) is 0 Å².